The molecule has 0 aromatic carbocycles. The molecule has 1 aliphatic carbocycles. The molecule has 2 atom stereocenters. The zero-order valence-electron chi connectivity index (χ0n) is 9.76. The summed E-state index contributed by atoms with van der Waals surface area (Å²) in [6.07, 6.45) is -0.407. The fraction of sp³-hybridized carbons (Fsp3) is 1.00. The Morgan fingerprint density at radius 1 is 1.19 bits per heavy atom. The minimum absolute atomic E-state index is 0.316. The van der Waals surface area contributed by atoms with Gasteiger partial charge in [0.05, 0.1) is 6.42 Å². The smallest absolute Gasteiger partial charge is 0.330 e. The minimum Gasteiger partial charge on any atom is -0.330 e. The molecule has 2 nitrogen and oxygen atoms in total. The summed E-state index contributed by atoms with van der Waals surface area (Å²) in [6.45, 7) is 2.43. The second kappa shape index (κ2) is 5.87. The van der Waals surface area contributed by atoms with E-state index in [-0.39, 0.29) is 6.54 Å². The molecule has 0 amide bonds. The van der Waals surface area contributed by atoms with Crippen LogP contribution in [0.3, 0.4) is 0 Å². The van der Waals surface area contributed by atoms with Crippen LogP contribution >= 0.6 is 0 Å². The molecule has 16 heavy (non-hydrogen) atoms. The highest BCUT2D eigenvalue weighted by Crippen LogP contribution is 2.35. The van der Waals surface area contributed by atoms with Crippen LogP contribution in [0.1, 0.15) is 25.7 Å². The predicted octanol–water partition coefficient (Wildman–Crippen LogP) is 2.25. The average molecular weight is 238 g/mol. The number of hydrogen-bond donors (Lipinski definition) is 1. The fourth-order valence-corrected chi connectivity index (χ4v) is 2.63. The Morgan fingerprint density at radius 2 is 1.69 bits per heavy atom. The lowest BCUT2D eigenvalue weighted by molar-refractivity contribution is -0.132. The van der Waals surface area contributed by atoms with Gasteiger partial charge in [0.25, 0.3) is 0 Å². The number of halogens is 3. The summed E-state index contributed by atoms with van der Waals surface area (Å²) in [5, 5.41) is 0. The van der Waals surface area contributed by atoms with Crippen LogP contribution in [-0.2, 0) is 0 Å². The van der Waals surface area contributed by atoms with Gasteiger partial charge in [-0.05, 0) is 38.1 Å². The zero-order valence-corrected chi connectivity index (χ0v) is 9.76. The topological polar surface area (TPSA) is 29.3 Å². The monoisotopic (exact) mass is 238 g/mol. The lowest BCUT2D eigenvalue weighted by atomic mass is 10.00. The molecule has 2 aliphatic rings. The Kier molecular flexibility index (Phi) is 5.05. The molecule has 2 rings (SSSR count). The summed E-state index contributed by atoms with van der Waals surface area (Å²) < 4.78 is 32.9. The maximum atomic E-state index is 11.0. The van der Waals surface area contributed by atoms with Crippen LogP contribution in [-0.4, -0.2) is 37.8 Å². The first-order valence-corrected chi connectivity index (χ1v) is 5.86. The molecule has 1 saturated carbocycles. The minimum atomic E-state index is -4.07. The van der Waals surface area contributed by atoms with Crippen LogP contribution in [0.5, 0.6) is 0 Å². The number of nitrogens with two attached hydrogens (primary N) is 1. The van der Waals surface area contributed by atoms with Crippen LogP contribution < -0.4 is 5.73 Å². The van der Waals surface area contributed by atoms with Crippen LogP contribution in [0.2, 0.25) is 0 Å². The van der Waals surface area contributed by atoms with E-state index >= 15 is 0 Å². The maximum absolute atomic E-state index is 11.0. The molecule has 96 valence electrons. The van der Waals surface area contributed by atoms with Gasteiger partial charge in [0.2, 0.25) is 0 Å². The van der Waals surface area contributed by atoms with Gasteiger partial charge < -0.3 is 10.6 Å². The van der Waals surface area contributed by atoms with Gasteiger partial charge in [-0.15, -0.1) is 0 Å². The Morgan fingerprint density at radius 3 is 2.00 bits per heavy atom. The highest BCUT2D eigenvalue weighted by atomic mass is 19.4. The van der Waals surface area contributed by atoms with E-state index in [1.807, 2.05) is 0 Å². The Balaban J connectivity index is 0.000000168. The van der Waals surface area contributed by atoms with Gasteiger partial charge in [-0.2, -0.15) is 13.2 Å². The van der Waals surface area contributed by atoms with Crippen molar-refractivity contribution in [2.45, 2.75) is 31.9 Å². The Labute approximate surface area is 95.0 Å². The molecule has 0 radical (unpaired) electrons. The average Bonchev–Trinajstić information content (AvgIpc) is 2.44. The first-order valence-electron chi connectivity index (χ1n) is 5.86. The van der Waals surface area contributed by atoms with Crippen molar-refractivity contribution in [1.82, 2.24) is 4.90 Å². The molecule has 2 N–H and O–H groups in total. The molecule has 2 bridgehead atoms. The number of fused-ring (bicyclic) bond motifs is 2. The highest BCUT2D eigenvalue weighted by Gasteiger charge is 2.30. The molecular formula is C11H21F3N2. The van der Waals surface area contributed by atoms with Gasteiger partial charge in [-0.3, -0.25) is 0 Å². The van der Waals surface area contributed by atoms with E-state index in [4.69, 9.17) is 0 Å². The zero-order chi connectivity index (χ0) is 12.2. The number of hydrogen-bond acceptors (Lipinski definition) is 2. The molecule has 0 spiro atoms. The molecule has 1 heterocycles. The van der Waals surface area contributed by atoms with E-state index in [1.165, 1.54) is 32.4 Å². The third-order valence-electron chi connectivity index (χ3n) is 3.22. The maximum Gasteiger partial charge on any atom is 0.390 e. The third kappa shape index (κ3) is 5.16. The summed E-state index contributed by atoms with van der Waals surface area (Å²) in [5.74, 6) is 2.13. The number of rotatable bonds is 1. The summed E-state index contributed by atoms with van der Waals surface area (Å²) in [5.41, 5.74) is 4.59. The van der Waals surface area contributed by atoms with Crippen molar-refractivity contribution >= 4 is 0 Å². The van der Waals surface area contributed by atoms with Crippen LogP contribution in [0.25, 0.3) is 0 Å². The van der Waals surface area contributed by atoms with Crippen molar-refractivity contribution in [1.29, 1.82) is 0 Å². The van der Waals surface area contributed by atoms with Gasteiger partial charge in [0.15, 0.2) is 0 Å². The summed E-state index contributed by atoms with van der Waals surface area (Å²) in [7, 11) is 2.25. The molecule has 0 aromatic rings. The highest BCUT2D eigenvalue weighted by molar-refractivity contribution is 4.83. The van der Waals surface area contributed by atoms with Crippen LogP contribution in [0.15, 0.2) is 0 Å². The summed E-state index contributed by atoms with van der Waals surface area (Å²) in [6, 6.07) is 0. The molecule has 5 heteroatoms. The Bertz CT molecular complexity index is 194. The van der Waals surface area contributed by atoms with Crippen molar-refractivity contribution in [2.24, 2.45) is 17.6 Å². The van der Waals surface area contributed by atoms with Gasteiger partial charge in [-0.25, -0.2) is 0 Å². The molecular weight excluding hydrogens is 217 g/mol. The quantitative estimate of drug-likeness (QED) is 0.759. The standard InChI is InChI=1S/C8H15N.C3H6F3N/c1-9-5-7-2-3-8(4-7)6-9;4-3(5,6)1-2-7/h7-8H,2-6H2,1H3;1-2,7H2. The summed E-state index contributed by atoms with van der Waals surface area (Å²) in [4.78, 5) is 2.49. The third-order valence-corrected chi connectivity index (χ3v) is 3.22. The van der Waals surface area contributed by atoms with E-state index < -0.39 is 12.6 Å². The molecule has 2 fully saturated rings. The van der Waals surface area contributed by atoms with Gasteiger partial charge >= 0.3 is 6.18 Å². The Hall–Kier alpha value is -0.290. The van der Waals surface area contributed by atoms with E-state index in [1.54, 1.807) is 0 Å². The lowest BCUT2D eigenvalue weighted by Crippen LogP contribution is -2.32. The normalized spacial score (nSPS) is 29.8. The first kappa shape index (κ1) is 13.8. The second-order valence-electron chi connectivity index (χ2n) is 4.92. The van der Waals surface area contributed by atoms with Crippen molar-refractivity contribution in [3.8, 4) is 0 Å². The van der Waals surface area contributed by atoms with Crippen LogP contribution in [0.4, 0.5) is 13.2 Å². The fourth-order valence-electron chi connectivity index (χ4n) is 2.63. The number of piperidine rings is 1. The van der Waals surface area contributed by atoms with Gasteiger partial charge in [0, 0.05) is 19.6 Å². The number of alkyl halides is 3. The first-order chi connectivity index (χ1) is 7.40. The van der Waals surface area contributed by atoms with Gasteiger partial charge in [-0.1, -0.05) is 0 Å². The van der Waals surface area contributed by atoms with E-state index in [9.17, 15) is 13.2 Å². The lowest BCUT2D eigenvalue weighted by Gasteiger charge is -2.27. The van der Waals surface area contributed by atoms with Crippen molar-refractivity contribution in [3.63, 3.8) is 0 Å². The van der Waals surface area contributed by atoms with Crippen molar-refractivity contribution in [3.05, 3.63) is 0 Å². The number of nitrogens with zero attached hydrogens (tertiary/aromatic N) is 1. The van der Waals surface area contributed by atoms with Gasteiger partial charge in [0.1, 0.15) is 0 Å². The van der Waals surface area contributed by atoms with Crippen molar-refractivity contribution < 1.29 is 13.2 Å². The molecule has 2 unspecified atom stereocenters. The van der Waals surface area contributed by atoms with E-state index in [2.05, 4.69) is 17.7 Å². The second-order valence-corrected chi connectivity index (χ2v) is 4.92. The SMILES string of the molecule is CN1CC2CCC(C2)C1.NCCC(F)(F)F. The molecule has 1 aliphatic heterocycles. The van der Waals surface area contributed by atoms with E-state index in [0.717, 1.165) is 11.8 Å². The summed E-state index contributed by atoms with van der Waals surface area (Å²) >= 11 is 0. The number of likely N-dealkylation sites (tertiary alicyclic amines) is 1. The van der Waals surface area contributed by atoms with Crippen LogP contribution in [0, 0.1) is 11.8 Å². The molecule has 0 aromatic heterocycles. The largest absolute Gasteiger partial charge is 0.390 e. The van der Waals surface area contributed by atoms with Crippen molar-refractivity contribution in [2.75, 3.05) is 26.7 Å². The van der Waals surface area contributed by atoms with E-state index in [0.29, 0.717) is 0 Å². The molecule has 1 saturated heterocycles. The predicted molar refractivity (Wildman–Crippen MR) is 58.1 cm³/mol.